The molecule has 3 rings (SSSR count). The molecule has 1 amide bonds. The van der Waals surface area contributed by atoms with E-state index in [4.69, 9.17) is 4.74 Å². The number of likely N-dealkylation sites (N-methyl/N-ethyl adjacent to an activating group) is 1. The summed E-state index contributed by atoms with van der Waals surface area (Å²) in [6.07, 6.45) is 7.43. The van der Waals surface area contributed by atoms with Gasteiger partial charge in [-0.05, 0) is 71.0 Å². The van der Waals surface area contributed by atoms with Crippen LogP contribution in [0.4, 0.5) is 0 Å². The van der Waals surface area contributed by atoms with E-state index in [1.807, 2.05) is 17.9 Å². The minimum absolute atomic E-state index is 0.0110. The number of likely N-dealkylation sites (tertiary alicyclic amines) is 2. The summed E-state index contributed by atoms with van der Waals surface area (Å²) in [6, 6.07) is 10.4. The molecule has 0 N–H and O–H groups in total. The Balaban J connectivity index is 1.60. The van der Waals surface area contributed by atoms with Gasteiger partial charge in [-0.25, -0.2) is 0 Å². The van der Waals surface area contributed by atoms with E-state index in [1.54, 1.807) is 0 Å². The van der Waals surface area contributed by atoms with Crippen LogP contribution in [0.3, 0.4) is 0 Å². The standard InChI is InChI=1S/C24H36N2O3/c1-3-29-23(28)24(14-9-12-20-10-5-4-6-11-20)15-18-26(19-16-24)22(27)21-13-7-8-17-25(21)2/h4-6,10-11,21H,3,7-9,12-19H2,1-2H3. The van der Waals surface area contributed by atoms with Crippen molar-refractivity contribution in [3.63, 3.8) is 0 Å². The molecule has 0 saturated carbocycles. The molecule has 1 aromatic rings. The summed E-state index contributed by atoms with van der Waals surface area (Å²) in [5, 5.41) is 0. The van der Waals surface area contributed by atoms with Crippen LogP contribution in [0.25, 0.3) is 0 Å². The van der Waals surface area contributed by atoms with Gasteiger partial charge in [-0.1, -0.05) is 36.8 Å². The summed E-state index contributed by atoms with van der Waals surface area (Å²) in [5.74, 6) is 0.170. The smallest absolute Gasteiger partial charge is 0.312 e. The Kier molecular flexibility index (Phi) is 7.70. The number of benzene rings is 1. The lowest BCUT2D eigenvalue weighted by Gasteiger charge is -2.42. The van der Waals surface area contributed by atoms with E-state index in [0.29, 0.717) is 32.5 Å². The van der Waals surface area contributed by atoms with Gasteiger partial charge in [-0.3, -0.25) is 14.5 Å². The van der Waals surface area contributed by atoms with E-state index in [-0.39, 0.29) is 17.9 Å². The van der Waals surface area contributed by atoms with Crippen molar-refractivity contribution in [2.45, 2.75) is 64.3 Å². The minimum atomic E-state index is -0.444. The summed E-state index contributed by atoms with van der Waals surface area (Å²) in [6.45, 7) is 4.60. The molecule has 2 saturated heterocycles. The predicted octanol–water partition coefficient (Wildman–Crippen LogP) is 3.67. The number of rotatable bonds is 7. The third-order valence-corrected chi connectivity index (χ3v) is 6.76. The first-order valence-electron chi connectivity index (χ1n) is 11.3. The first-order chi connectivity index (χ1) is 14.1. The highest BCUT2D eigenvalue weighted by Crippen LogP contribution is 2.38. The van der Waals surface area contributed by atoms with Crippen molar-refractivity contribution in [3.8, 4) is 0 Å². The molecule has 2 aliphatic heterocycles. The van der Waals surface area contributed by atoms with Crippen molar-refractivity contribution in [2.24, 2.45) is 5.41 Å². The molecule has 160 valence electrons. The SMILES string of the molecule is CCOC(=O)C1(CCCc2ccccc2)CCN(C(=O)C2CCCCN2C)CC1. The Morgan fingerprint density at radius 3 is 2.48 bits per heavy atom. The van der Waals surface area contributed by atoms with Crippen molar-refractivity contribution in [3.05, 3.63) is 35.9 Å². The average molecular weight is 401 g/mol. The van der Waals surface area contributed by atoms with Gasteiger partial charge in [-0.2, -0.15) is 0 Å². The zero-order valence-corrected chi connectivity index (χ0v) is 18.1. The van der Waals surface area contributed by atoms with Crippen LogP contribution in [0.5, 0.6) is 0 Å². The van der Waals surface area contributed by atoms with E-state index >= 15 is 0 Å². The number of ether oxygens (including phenoxy) is 1. The van der Waals surface area contributed by atoms with Crippen LogP contribution in [0, 0.1) is 5.41 Å². The zero-order chi connectivity index (χ0) is 20.7. The van der Waals surface area contributed by atoms with Crippen LogP contribution in [-0.2, 0) is 20.7 Å². The van der Waals surface area contributed by atoms with Crippen LogP contribution in [0.2, 0.25) is 0 Å². The van der Waals surface area contributed by atoms with Gasteiger partial charge in [0, 0.05) is 13.1 Å². The normalized spacial score (nSPS) is 22.3. The zero-order valence-electron chi connectivity index (χ0n) is 18.1. The topological polar surface area (TPSA) is 49.9 Å². The summed E-state index contributed by atoms with van der Waals surface area (Å²) in [5.41, 5.74) is 0.861. The molecule has 1 atom stereocenters. The maximum Gasteiger partial charge on any atom is 0.312 e. The molecule has 2 aliphatic rings. The number of amides is 1. The lowest BCUT2D eigenvalue weighted by molar-refractivity contribution is -0.161. The van der Waals surface area contributed by atoms with Gasteiger partial charge in [-0.15, -0.1) is 0 Å². The number of piperidine rings is 2. The molecule has 0 aliphatic carbocycles. The number of hydrogen-bond acceptors (Lipinski definition) is 4. The number of aryl methyl sites for hydroxylation is 1. The number of hydrogen-bond donors (Lipinski definition) is 0. The van der Waals surface area contributed by atoms with E-state index in [1.165, 1.54) is 12.0 Å². The molecular formula is C24H36N2O3. The molecule has 1 unspecified atom stereocenters. The second-order valence-corrected chi connectivity index (χ2v) is 8.66. The maximum absolute atomic E-state index is 13.0. The van der Waals surface area contributed by atoms with E-state index in [0.717, 1.165) is 38.6 Å². The van der Waals surface area contributed by atoms with Crippen molar-refractivity contribution in [1.82, 2.24) is 9.80 Å². The van der Waals surface area contributed by atoms with Crippen molar-refractivity contribution in [1.29, 1.82) is 0 Å². The van der Waals surface area contributed by atoms with Crippen LogP contribution in [0.15, 0.2) is 30.3 Å². The fourth-order valence-corrected chi connectivity index (χ4v) is 4.87. The highest BCUT2D eigenvalue weighted by atomic mass is 16.5. The highest BCUT2D eigenvalue weighted by Gasteiger charge is 2.44. The van der Waals surface area contributed by atoms with Gasteiger partial charge in [0.05, 0.1) is 18.1 Å². The van der Waals surface area contributed by atoms with E-state index < -0.39 is 5.41 Å². The molecule has 0 bridgehead atoms. The first-order valence-corrected chi connectivity index (χ1v) is 11.3. The molecule has 1 aromatic carbocycles. The monoisotopic (exact) mass is 400 g/mol. The van der Waals surface area contributed by atoms with Gasteiger partial charge in [0.1, 0.15) is 0 Å². The molecule has 29 heavy (non-hydrogen) atoms. The van der Waals surface area contributed by atoms with Gasteiger partial charge in [0.15, 0.2) is 0 Å². The Morgan fingerprint density at radius 2 is 1.83 bits per heavy atom. The summed E-state index contributed by atoms with van der Waals surface area (Å²) < 4.78 is 5.47. The van der Waals surface area contributed by atoms with Crippen molar-refractivity contribution >= 4 is 11.9 Å². The third kappa shape index (κ3) is 5.39. The predicted molar refractivity (Wildman–Crippen MR) is 115 cm³/mol. The fourth-order valence-electron chi connectivity index (χ4n) is 4.87. The summed E-state index contributed by atoms with van der Waals surface area (Å²) >= 11 is 0. The lowest BCUT2D eigenvalue weighted by atomic mass is 9.74. The van der Waals surface area contributed by atoms with Crippen molar-refractivity contribution in [2.75, 3.05) is 33.3 Å². The number of esters is 1. The Labute approximate surface area is 175 Å². The second-order valence-electron chi connectivity index (χ2n) is 8.66. The van der Waals surface area contributed by atoms with Gasteiger partial charge in [0.2, 0.25) is 5.91 Å². The maximum atomic E-state index is 13.0. The number of carbonyl (C=O) groups is 2. The van der Waals surface area contributed by atoms with Crippen LogP contribution in [-0.4, -0.2) is 61.0 Å². The third-order valence-electron chi connectivity index (χ3n) is 6.76. The molecule has 0 spiro atoms. The van der Waals surface area contributed by atoms with Crippen LogP contribution < -0.4 is 0 Å². The average Bonchev–Trinajstić information content (AvgIpc) is 2.75. The molecular weight excluding hydrogens is 364 g/mol. The number of carbonyl (C=O) groups excluding carboxylic acids is 2. The number of nitrogens with zero attached hydrogens (tertiary/aromatic N) is 2. The summed E-state index contributed by atoms with van der Waals surface area (Å²) in [7, 11) is 2.05. The molecule has 5 nitrogen and oxygen atoms in total. The Bertz CT molecular complexity index is 668. The molecule has 2 fully saturated rings. The second kappa shape index (κ2) is 10.2. The van der Waals surface area contributed by atoms with Gasteiger partial charge in [0.25, 0.3) is 0 Å². The highest BCUT2D eigenvalue weighted by molar-refractivity contribution is 5.83. The van der Waals surface area contributed by atoms with Gasteiger partial charge < -0.3 is 9.64 Å². The molecule has 5 heteroatoms. The quantitative estimate of drug-likeness (QED) is 0.656. The van der Waals surface area contributed by atoms with Gasteiger partial charge >= 0.3 is 5.97 Å². The largest absolute Gasteiger partial charge is 0.466 e. The molecule has 0 radical (unpaired) electrons. The molecule has 2 heterocycles. The Morgan fingerprint density at radius 1 is 1.10 bits per heavy atom. The minimum Gasteiger partial charge on any atom is -0.466 e. The van der Waals surface area contributed by atoms with Crippen molar-refractivity contribution < 1.29 is 14.3 Å². The first kappa shape index (κ1) is 21.8. The summed E-state index contributed by atoms with van der Waals surface area (Å²) in [4.78, 5) is 30.1. The lowest BCUT2D eigenvalue weighted by Crippen LogP contribution is -2.53. The van der Waals surface area contributed by atoms with Crippen LogP contribution >= 0.6 is 0 Å². The Hall–Kier alpha value is -1.88. The van der Waals surface area contributed by atoms with E-state index in [2.05, 4.69) is 36.2 Å². The molecule has 0 aromatic heterocycles. The van der Waals surface area contributed by atoms with Crippen LogP contribution in [0.1, 0.15) is 57.4 Å². The van der Waals surface area contributed by atoms with E-state index in [9.17, 15) is 9.59 Å². The fraction of sp³-hybridized carbons (Fsp3) is 0.667.